The second-order valence-corrected chi connectivity index (χ2v) is 5.42. The lowest BCUT2D eigenvalue weighted by molar-refractivity contribution is -0.133. The Morgan fingerprint density at radius 3 is 2.57 bits per heavy atom. The summed E-state index contributed by atoms with van der Waals surface area (Å²) in [6.07, 6.45) is 0.244. The highest BCUT2D eigenvalue weighted by molar-refractivity contribution is 5.69. The molecule has 0 aromatic heterocycles. The second kappa shape index (κ2) is 2.63. The second-order valence-electron chi connectivity index (χ2n) is 5.42. The molecule has 3 aliphatic rings. The largest absolute Gasteiger partial charge is 0.465 e. The van der Waals surface area contributed by atoms with Gasteiger partial charge in [0.2, 0.25) is 0 Å². The number of piperidine rings is 1. The van der Waals surface area contributed by atoms with Gasteiger partial charge in [0, 0.05) is 13.1 Å². The minimum atomic E-state index is -0.766. The van der Waals surface area contributed by atoms with Gasteiger partial charge in [-0.25, -0.2) is 4.79 Å². The van der Waals surface area contributed by atoms with Gasteiger partial charge in [0.05, 0.1) is 11.6 Å². The first kappa shape index (κ1) is 9.77. The van der Waals surface area contributed by atoms with Gasteiger partial charge in [0.15, 0.2) is 0 Å². The lowest BCUT2D eigenvalue weighted by Gasteiger charge is -2.66. The molecule has 14 heavy (non-hydrogen) atoms. The minimum Gasteiger partial charge on any atom is -0.465 e. The highest BCUT2D eigenvalue weighted by atomic mass is 16.4. The molecule has 3 rings (SSSR count). The SMILES string of the molecule is CC(C)(C)C12CNCC(C1)N2C(=O)O. The number of carbonyl (C=O) groups is 1. The predicted octanol–water partition coefficient (Wildman–Crippen LogP) is 1.13. The molecule has 0 spiro atoms. The summed E-state index contributed by atoms with van der Waals surface area (Å²) < 4.78 is 0. The van der Waals surface area contributed by atoms with E-state index in [2.05, 4.69) is 26.1 Å². The van der Waals surface area contributed by atoms with E-state index in [9.17, 15) is 4.79 Å². The van der Waals surface area contributed by atoms with E-state index in [0.29, 0.717) is 0 Å². The van der Waals surface area contributed by atoms with Crippen LogP contribution in [-0.2, 0) is 0 Å². The molecule has 2 N–H and O–H groups in total. The zero-order chi connectivity index (χ0) is 10.6. The lowest BCUT2D eigenvalue weighted by Crippen LogP contribution is -2.81. The average Bonchev–Trinajstić information content (AvgIpc) is 2.01. The van der Waals surface area contributed by atoms with E-state index in [-0.39, 0.29) is 17.0 Å². The third kappa shape index (κ3) is 1.00. The van der Waals surface area contributed by atoms with Crippen LogP contribution >= 0.6 is 0 Å². The van der Waals surface area contributed by atoms with Crippen LogP contribution in [-0.4, -0.2) is 40.8 Å². The molecule has 0 radical (unpaired) electrons. The van der Waals surface area contributed by atoms with Gasteiger partial charge in [-0.2, -0.15) is 0 Å². The van der Waals surface area contributed by atoms with Gasteiger partial charge in [-0.15, -0.1) is 0 Å². The van der Waals surface area contributed by atoms with E-state index in [4.69, 9.17) is 5.11 Å². The number of nitrogens with one attached hydrogen (secondary N) is 1. The Kier molecular flexibility index (Phi) is 1.83. The summed E-state index contributed by atoms with van der Waals surface area (Å²) in [7, 11) is 0. The summed E-state index contributed by atoms with van der Waals surface area (Å²) in [5, 5.41) is 12.5. The van der Waals surface area contributed by atoms with Gasteiger partial charge in [0.1, 0.15) is 0 Å². The van der Waals surface area contributed by atoms with E-state index < -0.39 is 6.09 Å². The first-order chi connectivity index (χ1) is 6.38. The molecule has 4 heteroatoms. The van der Waals surface area contributed by atoms with Crippen LogP contribution in [0.25, 0.3) is 0 Å². The maximum Gasteiger partial charge on any atom is 0.408 e. The Morgan fingerprint density at radius 2 is 2.21 bits per heavy atom. The molecule has 4 nitrogen and oxygen atoms in total. The summed E-state index contributed by atoms with van der Waals surface area (Å²) in [5.41, 5.74) is -0.170. The van der Waals surface area contributed by atoms with Crippen LogP contribution < -0.4 is 5.32 Å². The van der Waals surface area contributed by atoms with Crippen molar-refractivity contribution in [2.75, 3.05) is 13.1 Å². The van der Waals surface area contributed by atoms with Crippen molar-refractivity contribution in [3.63, 3.8) is 0 Å². The van der Waals surface area contributed by atoms with Crippen LogP contribution in [0.2, 0.25) is 0 Å². The highest BCUT2D eigenvalue weighted by Gasteiger charge is 2.62. The topological polar surface area (TPSA) is 52.6 Å². The predicted molar refractivity (Wildman–Crippen MR) is 53.3 cm³/mol. The van der Waals surface area contributed by atoms with Crippen molar-refractivity contribution in [1.82, 2.24) is 10.2 Å². The summed E-state index contributed by atoms with van der Waals surface area (Å²) in [6.45, 7) is 7.95. The van der Waals surface area contributed by atoms with Crippen LogP contribution in [0, 0.1) is 5.41 Å². The molecule has 3 heterocycles. The monoisotopic (exact) mass is 198 g/mol. The van der Waals surface area contributed by atoms with E-state index >= 15 is 0 Å². The fourth-order valence-corrected chi connectivity index (χ4v) is 2.85. The first-order valence-corrected chi connectivity index (χ1v) is 5.11. The van der Waals surface area contributed by atoms with E-state index in [1.807, 2.05) is 0 Å². The summed E-state index contributed by atoms with van der Waals surface area (Å²) in [6, 6.07) is 0.195. The normalized spacial score (nSPS) is 36.5. The Balaban J connectivity index is 2.30. The van der Waals surface area contributed by atoms with Crippen LogP contribution in [0.1, 0.15) is 27.2 Å². The molecule has 2 bridgehead atoms. The van der Waals surface area contributed by atoms with Crippen molar-refractivity contribution in [2.45, 2.75) is 38.8 Å². The van der Waals surface area contributed by atoms with Crippen LogP contribution in [0.3, 0.4) is 0 Å². The highest BCUT2D eigenvalue weighted by Crippen LogP contribution is 2.50. The van der Waals surface area contributed by atoms with E-state index in [1.54, 1.807) is 4.90 Å². The van der Waals surface area contributed by atoms with Gasteiger partial charge < -0.3 is 10.4 Å². The number of hydrogen-bond donors (Lipinski definition) is 2. The molecule has 2 atom stereocenters. The summed E-state index contributed by atoms with van der Waals surface area (Å²) in [4.78, 5) is 12.8. The van der Waals surface area contributed by atoms with Crippen molar-refractivity contribution in [3.8, 4) is 0 Å². The van der Waals surface area contributed by atoms with Crippen molar-refractivity contribution < 1.29 is 9.90 Å². The molecule has 0 aromatic rings. The molecule has 80 valence electrons. The molecule has 0 aromatic carbocycles. The number of rotatable bonds is 0. The van der Waals surface area contributed by atoms with Gasteiger partial charge in [0.25, 0.3) is 0 Å². The van der Waals surface area contributed by atoms with Crippen molar-refractivity contribution in [1.29, 1.82) is 0 Å². The molecule has 3 saturated heterocycles. The Labute approximate surface area is 84.3 Å². The molecule has 3 fully saturated rings. The van der Waals surface area contributed by atoms with Crippen LogP contribution in [0.15, 0.2) is 0 Å². The first-order valence-electron chi connectivity index (χ1n) is 5.11. The molecule has 2 unspecified atom stereocenters. The number of nitrogens with zero attached hydrogens (tertiary/aromatic N) is 1. The maximum absolute atomic E-state index is 11.1. The zero-order valence-electron chi connectivity index (χ0n) is 9.00. The minimum absolute atomic E-state index is 0.00924. The van der Waals surface area contributed by atoms with Crippen molar-refractivity contribution >= 4 is 6.09 Å². The summed E-state index contributed by atoms with van der Waals surface area (Å²) >= 11 is 0. The Bertz CT molecular complexity index is 268. The smallest absolute Gasteiger partial charge is 0.408 e. The standard InChI is InChI=1S/C10H18N2O2/c1-9(2,3)10-4-7(5-11-6-10)12(10)8(13)14/h7,11H,4-6H2,1-3H3,(H,13,14). The summed E-state index contributed by atoms with van der Waals surface area (Å²) in [5.74, 6) is 0. The van der Waals surface area contributed by atoms with Gasteiger partial charge in [-0.05, 0) is 11.8 Å². The average molecular weight is 198 g/mol. The molecular formula is C10H18N2O2. The Hall–Kier alpha value is -0.770. The number of amides is 1. The van der Waals surface area contributed by atoms with Crippen molar-refractivity contribution in [2.24, 2.45) is 5.41 Å². The van der Waals surface area contributed by atoms with E-state index in [1.165, 1.54) is 0 Å². The number of fused-ring (bicyclic) bond motifs is 2. The third-order valence-corrected chi connectivity index (χ3v) is 3.80. The number of piperazine rings is 1. The number of hydrogen-bond acceptors (Lipinski definition) is 2. The lowest BCUT2D eigenvalue weighted by atomic mass is 9.61. The molecular weight excluding hydrogens is 180 g/mol. The van der Waals surface area contributed by atoms with Crippen LogP contribution in [0.4, 0.5) is 4.79 Å². The van der Waals surface area contributed by atoms with Gasteiger partial charge in [-0.1, -0.05) is 20.8 Å². The quantitative estimate of drug-likeness (QED) is 0.613. The van der Waals surface area contributed by atoms with Crippen LogP contribution in [0.5, 0.6) is 0 Å². The molecule has 1 amide bonds. The number of carboxylic acid groups (broad SMARTS) is 1. The fourth-order valence-electron chi connectivity index (χ4n) is 2.85. The maximum atomic E-state index is 11.1. The van der Waals surface area contributed by atoms with E-state index in [0.717, 1.165) is 19.5 Å². The fraction of sp³-hybridized carbons (Fsp3) is 0.900. The molecule has 3 aliphatic heterocycles. The van der Waals surface area contributed by atoms with Gasteiger partial charge in [-0.3, -0.25) is 4.90 Å². The van der Waals surface area contributed by atoms with Gasteiger partial charge >= 0.3 is 6.09 Å². The zero-order valence-corrected chi connectivity index (χ0v) is 9.00. The molecule has 0 saturated carbocycles. The third-order valence-electron chi connectivity index (χ3n) is 3.80. The van der Waals surface area contributed by atoms with Crippen molar-refractivity contribution in [3.05, 3.63) is 0 Å². The Morgan fingerprint density at radius 1 is 1.57 bits per heavy atom. The molecule has 0 aliphatic carbocycles.